The lowest BCUT2D eigenvalue weighted by atomic mass is 9.75. The number of ether oxygens (including phenoxy) is 1. The van der Waals surface area contributed by atoms with Crippen LogP contribution in [-0.4, -0.2) is 43.0 Å². The van der Waals surface area contributed by atoms with Gasteiger partial charge in [-0.05, 0) is 35.1 Å². The zero-order valence-electron chi connectivity index (χ0n) is 16.3. The van der Waals surface area contributed by atoms with Crippen molar-refractivity contribution in [3.05, 3.63) is 46.1 Å². The maximum Gasteiger partial charge on any atom is 0.254 e. The number of carbonyl (C=O) groups is 2. The van der Waals surface area contributed by atoms with E-state index in [1.165, 1.54) is 11.3 Å². The third-order valence-electron chi connectivity index (χ3n) is 5.26. The molecule has 28 heavy (non-hydrogen) atoms. The average Bonchev–Trinajstić information content (AvgIpc) is 3.06. The monoisotopic (exact) mass is 399 g/mol. The fraction of sp³-hybridized carbons (Fsp3) is 0.476. The Kier molecular flexibility index (Phi) is 5.21. The lowest BCUT2D eigenvalue weighted by Crippen LogP contribution is -2.37. The molecule has 3 heterocycles. The molecule has 0 aromatic carbocycles. The third-order valence-corrected chi connectivity index (χ3v) is 6.60. The predicted molar refractivity (Wildman–Crippen MR) is 109 cm³/mol. The summed E-state index contributed by atoms with van der Waals surface area (Å²) in [6, 6.07) is 3.78. The summed E-state index contributed by atoms with van der Waals surface area (Å²) in [6.07, 6.45) is 4.71. The van der Waals surface area contributed by atoms with Gasteiger partial charge in [0.25, 0.3) is 5.91 Å². The van der Waals surface area contributed by atoms with Gasteiger partial charge in [0, 0.05) is 38.4 Å². The number of nitrogens with one attached hydrogen (secondary N) is 1. The normalized spacial score (nSPS) is 18.6. The van der Waals surface area contributed by atoms with Crippen molar-refractivity contribution in [3.8, 4) is 0 Å². The van der Waals surface area contributed by atoms with Crippen molar-refractivity contribution >= 4 is 28.0 Å². The second-order valence-electron chi connectivity index (χ2n) is 8.17. The van der Waals surface area contributed by atoms with Gasteiger partial charge in [-0.1, -0.05) is 13.8 Å². The van der Waals surface area contributed by atoms with Crippen LogP contribution in [0.15, 0.2) is 24.5 Å². The Morgan fingerprint density at radius 3 is 2.68 bits per heavy atom. The molecule has 1 fully saturated rings. The van der Waals surface area contributed by atoms with E-state index < -0.39 is 0 Å². The molecule has 148 valence electrons. The highest BCUT2D eigenvalue weighted by molar-refractivity contribution is 7.18. The zero-order chi connectivity index (χ0) is 19.7. The summed E-state index contributed by atoms with van der Waals surface area (Å²) in [5.41, 5.74) is 2.46. The molecule has 4 rings (SSSR count). The lowest BCUT2D eigenvalue weighted by Gasteiger charge is -2.30. The predicted octanol–water partition coefficient (Wildman–Crippen LogP) is 3.06. The van der Waals surface area contributed by atoms with Crippen LogP contribution in [0.1, 0.15) is 51.4 Å². The smallest absolute Gasteiger partial charge is 0.254 e. The van der Waals surface area contributed by atoms with Gasteiger partial charge >= 0.3 is 0 Å². The molecule has 0 atom stereocenters. The minimum absolute atomic E-state index is 0.110. The molecule has 0 unspecified atom stereocenters. The second kappa shape index (κ2) is 7.64. The fourth-order valence-electron chi connectivity index (χ4n) is 3.90. The summed E-state index contributed by atoms with van der Waals surface area (Å²) in [6.45, 7) is 7.38. The number of amides is 1. The van der Waals surface area contributed by atoms with Crippen LogP contribution in [0.4, 0.5) is 5.00 Å². The summed E-state index contributed by atoms with van der Waals surface area (Å²) < 4.78 is 5.47. The van der Waals surface area contributed by atoms with Gasteiger partial charge in [-0.25, -0.2) is 0 Å². The topological polar surface area (TPSA) is 71.5 Å². The first-order valence-corrected chi connectivity index (χ1v) is 10.4. The van der Waals surface area contributed by atoms with Crippen LogP contribution in [0.3, 0.4) is 0 Å². The van der Waals surface area contributed by atoms with E-state index in [1.807, 2.05) is 12.1 Å². The van der Waals surface area contributed by atoms with E-state index in [-0.39, 0.29) is 17.1 Å². The van der Waals surface area contributed by atoms with Crippen molar-refractivity contribution in [1.82, 2.24) is 10.3 Å². The molecule has 7 heteroatoms. The van der Waals surface area contributed by atoms with Crippen molar-refractivity contribution in [2.75, 3.05) is 31.2 Å². The number of fused-ring (bicyclic) bond motifs is 1. The Morgan fingerprint density at radius 2 is 1.96 bits per heavy atom. The van der Waals surface area contributed by atoms with Crippen LogP contribution in [0.2, 0.25) is 0 Å². The summed E-state index contributed by atoms with van der Waals surface area (Å²) in [5.74, 6) is 0.0419. The number of nitrogens with zero attached hydrogens (tertiary/aromatic N) is 2. The molecule has 0 spiro atoms. The minimum Gasteiger partial charge on any atom is -0.378 e. The number of hydrogen-bond acceptors (Lipinski definition) is 6. The number of rotatable bonds is 4. The number of anilines is 1. The van der Waals surface area contributed by atoms with Crippen LogP contribution < -0.4 is 10.2 Å². The quantitative estimate of drug-likeness (QED) is 0.856. The third kappa shape index (κ3) is 3.82. The Labute approximate surface area is 168 Å². The van der Waals surface area contributed by atoms with Crippen LogP contribution in [-0.2, 0) is 17.7 Å². The SMILES string of the molecule is CC1(C)CC(=O)c2sc(N3CCOCC3)c(C(=O)NCc3ccncc3)c2C1. The van der Waals surface area contributed by atoms with E-state index in [1.54, 1.807) is 12.4 Å². The first-order chi connectivity index (χ1) is 13.4. The van der Waals surface area contributed by atoms with E-state index in [0.29, 0.717) is 31.7 Å². The van der Waals surface area contributed by atoms with Crippen molar-refractivity contribution in [1.29, 1.82) is 0 Å². The first kappa shape index (κ1) is 19.1. The van der Waals surface area contributed by atoms with Gasteiger partial charge in [0.1, 0.15) is 5.00 Å². The van der Waals surface area contributed by atoms with Gasteiger partial charge in [-0.3, -0.25) is 14.6 Å². The number of ketones is 1. The van der Waals surface area contributed by atoms with Crippen LogP contribution in [0.5, 0.6) is 0 Å². The van der Waals surface area contributed by atoms with Crippen LogP contribution in [0.25, 0.3) is 0 Å². The maximum atomic E-state index is 13.2. The van der Waals surface area contributed by atoms with E-state index >= 15 is 0 Å². The van der Waals surface area contributed by atoms with E-state index in [2.05, 4.69) is 29.0 Å². The molecule has 2 aliphatic rings. The molecule has 1 N–H and O–H groups in total. The van der Waals surface area contributed by atoms with Gasteiger partial charge in [0.2, 0.25) is 0 Å². The molecule has 1 aliphatic heterocycles. The molecular formula is C21H25N3O3S. The lowest BCUT2D eigenvalue weighted by molar-refractivity contribution is 0.0916. The van der Waals surface area contributed by atoms with Crippen LogP contribution >= 0.6 is 11.3 Å². The summed E-state index contributed by atoms with van der Waals surface area (Å²) >= 11 is 1.48. The molecule has 1 aliphatic carbocycles. The van der Waals surface area contributed by atoms with Crippen molar-refractivity contribution in [2.24, 2.45) is 5.41 Å². The summed E-state index contributed by atoms with van der Waals surface area (Å²) in [4.78, 5) is 33.0. The van der Waals surface area contributed by atoms with Gasteiger partial charge in [0.15, 0.2) is 5.78 Å². The Balaban J connectivity index is 1.68. The minimum atomic E-state index is -0.131. The summed E-state index contributed by atoms with van der Waals surface area (Å²) in [7, 11) is 0. The van der Waals surface area contributed by atoms with Gasteiger partial charge < -0.3 is 15.0 Å². The Bertz CT molecular complexity index is 886. The zero-order valence-corrected chi connectivity index (χ0v) is 17.1. The Morgan fingerprint density at radius 1 is 1.25 bits per heavy atom. The molecule has 0 bridgehead atoms. The standard InChI is InChI=1S/C21H25N3O3S/c1-21(2)11-15-17(19(26)23-13-14-3-5-22-6-4-14)20(24-7-9-27-10-8-24)28-18(15)16(25)12-21/h3-6H,7-13H2,1-2H3,(H,23,26). The van der Waals surface area contributed by atoms with E-state index in [4.69, 9.17) is 4.74 Å². The van der Waals surface area contributed by atoms with E-state index in [9.17, 15) is 9.59 Å². The van der Waals surface area contributed by atoms with Gasteiger partial charge in [-0.2, -0.15) is 0 Å². The van der Waals surface area contributed by atoms with Gasteiger partial charge in [0.05, 0.1) is 23.7 Å². The second-order valence-corrected chi connectivity index (χ2v) is 9.17. The fourth-order valence-corrected chi connectivity index (χ4v) is 5.20. The number of morpholine rings is 1. The molecular weight excluding hydrogens is 374 g/mol. The van der Waals surface area contributed by atoms with Gasteiger partial charge in [-0.15, -0.1) is 11.3 Å². The number of carbonyl (C=O) groups excluding carboxylic acids is 2. The number of aromatic nitrogens is 1. The number of Topliss-reactive ketones (excluding diaryl/α,β-unsaturated/α-hetero) is 1. The number of thiophene rings is 1. The first-order valence-electron chi connectivity index (χ1n) is 9.63. The van der Waals surface area contributed by atoms with Crippen molar-refractivity contribution < 1.29 is 14.3 Å². The Hall–Kier alpha value is -2.25. The molecule has 6 nitrogen and oxygen atoms in total. The largest absolute Gasteiger partial charge is 0.378 e. The molecule has 0 radical (unpaired) electrons. The average molecular weight is 400 g/mol. The van der Waals surface area contributed by atoms with E-state index in [0.717, 1.165) is 40.5 Å². The summed E-state index contributed by atoms with van der Waals surface area (Å²) in [5, 5.41) is 3.95. The molecule has 0 saturated carbocycles. The highest BCUT2D eigenvalue weighted by Crippen LogP contribution is 2.45. The maximum absolute atomic E-state index is 13.2. The highest BCUT2D eigenvalue weighted by atomic mass is 32.1. The highest BCUT2D eigenvalue weighted by Gasteiger charge is 2.38. The molecule has 2 aromatic heterocycles. The number of hydrogen-bond donors (Lipinski definition) is 1. The molecule has 1 saturated heterocycles. The van der Waals surface area contributed by atoms with Crippen molar-refractivity contribution in [3.63, 3.8) is 0 Å². The van der Waals surface area contributed by atoms with Crippen molar-refractivity contribution in [2.45, 2.75) is 33.2 Å². The molecule has 2 aromatic rings. The molecule has 1 amide bonds. The number of pyridine rings is 1. The van der Waals surface area contributed by atoms with Crippen LogP contribution in [0, 0.1) is 5.41 Å².